The van der Waals surface area contributed by atoms with Crippen LogP contribution in [-0.2, 0) is 6.42 Å². The fraction of sp³-hybridized carbons (Fsp3) is 0.381. The van der Waals surface area contributed by atoms with Gasteiger partial charge in [0.15, 0.2) is 5.78 Å². The smallest absolute Gasteiger partial charge is 0.387 e. The molecule has 1 aliphatic heterocycles. The number of Topliss-reactive ketones (excluding diaryl/α,β-unsaturated/α-hetero) is 1. The van der Waals surface area contributed by atoms with E-state index in [9.17, 15) is 13.6 Å². The molecule has 1 saturated heterocycles. The molecule has 3 nitrogen and oxygen atoms in total. The molecule has 1 fully saturated rings. The van der Waals surface area contributed by atoms with Gasteiger partial charge >= 0.3 is 6.61 Å². The van der Waals surface area contributed by atoms with Gasteiger partial charge in [0.2, 0.25) is 0 Å². The monoisotopic (exact) mass is 359 g/mol. The van der Waals surface area contributed by atoms with Crippen molar-refractivity contribution < 1.29 is 18.3 Å². The Hall–Kier alpha value is -2.27. The molecule has 0 spiro atoms. The fourth-order valence-electron chi connectivity index (χ4n) is 3.41. The quantitative estimate of drug-likeness (QED) is 0.685. The molecule has 2 aromatic carbocycles. The van der Waals surface area contributed by atoms with Crippen LogP contribution in [0.1, 0.15) is 28.8 Å². The first-order valence-electron chi connectivity index (χ1n) is 8.94. The van der Waals surface area contributed by atoms with Crippen molar-refractivity contribution in [1.29, 1.82) is 0 Å². The molecule has 0 N–H and O–H groups in total. The Labute approximate surface area is 152 Å². The minimum absolute atomic E-state index is 0.00936. The summed E-state index contributed by atoms with van der Waals surface area (Å²) in [5, 5.41) is 0. The van der Waals surface area contributed by atoms with Gasteiger partial charge in [0, 0.05) is 5.56 Å². The Morgan fingerprint density at radius 3 is 2.31 bits per heavy atom. The number of ketones is 1. The summed E-state index contributed by atoms with van der Waals surface area (Å²) in [5.41, 5.74) is 1.89. The lowest BCUT2D eigenvalue weighted by Crippen LogP contribution is -2.37. The van der Waals surface area contributed by atoms with E-state index in [0.717, 1.165) is 32.4 Å². The SMILES string of the molecule is O=C(CN1CCC(Cc2ccccc2)CC1)c1ccc(OC(F)F)cc1. The number of benzene rings is 2. The van der Waals surface area contributed by atoms with Crippen molar-refractivity contribution in [3.63, 3.8) is 0 Å². The van der Waals surface area contributed by atoms with Crippen LogP contribution in [0.5, 0.6) is 5.75 Å². The summed E-state index contributed by atoms with van der Waals surface area (Å²) in [6.45, 7) is -0.660. The van der Waals surface area contributed by atoms with E-state index in [0.29, 0.717) is 18.0 Å². The highest BCUT2D eigenvalue weighted by atomic mass is 19.3. The van der Waals surface area contributed by atoms with Crippen LogP contribution < -0.4 is 4.74 Å². The Balaban J connectivity index is 1.46. The third-order valence-corrected chi connectivity index (χ3v) is 4.84. The predicted molar refractivity (Wildman–Crippen MR) is 96.7 cm³/mol. The predicted octanol–water partition coefficient (Wildman–Crippen LogP) is 4.43. The van der Waals surface area contributed by atoms with Gasteiger partial charge in [0.1, 0.15) is 5.75 Å². The number of hydrogen-bond donors (Lipinski definition) is 0. The van der Waals surface area contributed by atoms with E-state index in [-0.39, 0.29) is 11.5 Å². The van der Waals surface area contributed by atoms with Crippen LogP contribution in [0.2, 0.25) is 0 Å². The van der Waals surface area contributed by atoms with E-state index in [1.807, 2.05) is 6.07 Å². The van der Waals surface area contributed by atoms with Crippen molar-refractivity contribution in [2.75, 3.05) is 19.6 Å². The van der Waals surface area contributed by atoms with Crippen molar-refractivity contribution in [2.45, 2.75) is 25.9 Å². The zero-order valence-electron chi connectivity index (χ0n) is 14.6. The summed E-state index contributed by atoms with van der Waals surface area (Å²) >= 11 is 0. The van der Waals surface area contributed by atoms with Crippen LogP contribution in [0.3, 0.4) is 0 Å². The Morgan fingerprint density at radius 1 is 1.04 bits per heavy atom. The molecular weight excluding hydrogens is 336 g/mol. The average molecular weight is 359 g/mol. The number of likely N-dealkylation sites (tertiary alicyclic amines) is 1. The molecular formula is C21H23F2NO2. The summed E-state index contributed by atoms with van der Waals surface area (Å²) in [6, 6.07) is 16.4. The maximum absolute atomic E-state index is 12.4. The molecule has 0 aliphatic carbocycles. The Morgan fingerprint density at radius 2 is 1.69 bits per heavy atom. The Bertz CT molecular complexity index is 696. The largest absolute Gasteiger partial charge is 0.435 e. The molecule has 5 heteroatoms. The lowest BCUT2D eigenvalue weighted by molar-refractivity contribution is -0.0498. The van der Waals surface area contributed by atoms with Crippen molar-refractivity contribution in [3.05, 3.63) is 65.7 Å². The average Bonchev–Trinajstić information content (AvgIpc) is 2.64. The van der Waals surface area contributed by atoms with Gasteiger partial charge in [-0.25, -0.2) is 0 Å². The van der Waals surface area contributed by atoms with Crippen LogP contribution in [-0.4, -0.2) is 36.9 Å². The number of rotatable bonds is 7. The zero-order valence-corrected chi connectivity index (χ0v) is 14.6. The first-order valence-corrected chi connectivity index (χ1v) is 8.94. The van der Waals surface area contributed by atoms with Crippen molar-refractivity contribution in [3.8, 4) is 5.75 Å². The minimum Gasteiger partial charge on any atom is -0.435 e. The molecule has 1 heterocycles. The molecule has 0 saturated carbocycles. The summed E-state index contributed by atoms with van der Waals surface area (Å²) in [6.07, 6.45) is 3.26. The highest BCUT2D eigenvalue weighted by Gasteiger charge is 2.21. The van der Waals surface area contributed by atoms with Gasteiger partial charge in [0.05, 0.1) is 6.54 Å². The van der Waals surface area contributed by atoms with E-state index < -0.39 is 6.61 Å². The summed E-state index contributed by atoms with van der Waals surface area (Å²) in [7, 11) is 0. The lowest BCUT2D eigenvalue weighted by atomic mass is 9.90. The molecule has 26 heavy (non-hydrogen) atoms. The maximum Gasteiger partial charge on any atom is 0.387 e. The van der Waals surface area contributed by atoms with Gasteiger partial charge in [-0.3, -0.25) is 9.69 Å². The summed E-state index contributed by atoms with van der Waals surface area (Å²) in [5.74, 6) is 0.739. The van der Waals surface area contributed by atoms with Crippen LogP contribution in [0, 0.1) is 5.92 Å². The van der Waals surface area contributed by atoms with Crippen molar-refractivity contribution in [2.24, 2.45) is 5.92 Å². The highest BCUT2D eigenvalue weighted by molar-refractivity contribution is 5.97. The number of halogens is 2. The number of piperidine rings is 1. The van der Waals surface area contributed by atoms with E-state index in [1.54, 1.807) is 12.1 Å². The van der Waals surface area contributed by atoms with Crippen LogP contribution >= 0.6 is 0 Å². The molecule has 0 unspecified atom stereocenters. The first-order chi connectivity index (χ1) is 12.6. The molecule has 0 radical (unpaired) electrons. The van der Waals surface area contributed by atoms with Gasteiger partial charge in [-0.05, 0) is 68.1 Å². The molecule has 1 aliphatic rings. The summed E-state index contributed by atoms with van der Waals surface area (Å²) in [4.78, 5) is 14.6. The molecule has 0 amide bonds. The third-order valence-electron chi connectivity index (χ3n) is 4.84. The molecule has 3 rings (SSSR count). The number of carbonyl (C=O) groups is 1. The number of carbonyl (C=O) groups excluding carboxylic acids is 1. The second-order valence-electron chi connectivity index (χ2n) is 6.74. The lowest BCUT2D eigenvalue weighted by Gasteiger charge is -2.31. The van der Waals surface area contributed by atoms with Gasteiger partial charge in [-0.1, -0.05) is 30.3 Å². The fourth-order valence-corrected chi connectivity index (χ4v) is 3.41. The van der Waals surface area contributed by atoms with Crippen molar-refractivity contribution in [1.82, 2.24) is 4.90 Å². The van der Waals surface area contributed by atoms with Crippen LogP contribution in [0.15, 0.2) is 54.6 Å². The van der Waals surface area contributed by atoms with Gasteiger partial charge < -0.3 is 4.74 Å². The van der Waals surface area contributed by atoms with E-state index in [4.69, 9.17) is 0 Å². The molecule has 0 aromatic heterocycles. The normalized spacial score (nSPS) is 16.0. The number of alkyl halides is 2. The highest BCUT2D eigenvalue weighted by Crippen LogP contribution is 2.22. The van der Waals surface area contributed by atoms with Crippen molar-refractivity contribution >= 4 is 5.78 Å². The molecule has 2 aromatic rings. The first kappa shape index (κ1) is 18.5. The number of ether oxygens (including phenoxy) is 1. The zero-order chi connectivity index (χ0) is 18.4. The standard InChI is InChI=1S/C21H23F2NO2/c22-21(23)26-19-8-6-18(7-9-19)20(25)15-24-12-10-17(11-13-24)14-16-4-2-1-3-5-16/h1-9,17,21H,10-15H2. The van der Waals surface area contributed by atoms with E-state index in [1.165, 1.54) is 17.7 Å². The van der Waals surface area contributed by atoms with Gasteiger partial charge in [-0.15, -0.1) is 0 Å². The second-order valence-corrected chi connectivity index (χ2v) is 6.74. The van der Waals surface area contributed by atoms with E-state index in [2.05, 4.69) is 33.9 Å². The number of hydrogen-bond acceptors (Lipinski definition) is 3. The third kappa shape index (κ3) is 5.36. The van der Waals surface area contributed by atoms with Gasteiger partial charge in [0.25, 0.3) is 0 Å². The number of nitrogens with zero attached hydrogens (tertiary/aromatic N) is 1. The second kappa shape index (κ2) is 8.90. The van der Waals surface area contributed by atoms with Crippen LogP contribution in [0.25, 0.3) is 0 Å². The van der Waals surface area contributed by atoms with Gasteiger partial charge in [-0.2, -0.15) is 8.78 Å². The molecule has 0 atom stereocenters. The van der Waals surface area contributed by atoms with E-state index >= 15 is 0 Å². The molecule has 138 valence electrons. The maximum atomic E-state index is 12.4. The topological polar surface area (TPSA) is 29.5 Å². The molecule has 0 bridgehead atoms. The Kier molecular flexibility index (Phi) is 6.34. The minimum atomic E-state index is -2.85. The van der Waals surface area contributed by atoms with Crippen LogP contribution in [0.4, 0.5) is 8.78 Å². The summed E-state index contributed by atoms with van der Waals surface area (Å²) < 4.78 is 28.6.